The minimum absolute atomic E-state index is 0.0564. The molecule has 0 spiro atoms. The van der Waals surface area contributed by atoms with Crippen molar-refractivity contribution in [2.45, 2.75) is 39.4 Å². The SMILES string of the molecule is COC(=O)C[C@@H]1N=C(c2ccc(-c3ccc(OCC(=O)OC(=O)C(F)(F)F)cc3F)cc2)c2c(sc(C)c2C)-n2c(C)nnc21. The molecule has 1 aliphatic rings. The number of carbonyl (C=O) groups excluding carboxylic acids is 3. The maximum atomic E-state index is 15.1. The summed E-state index contributed by atoms with van der Waals surface area (Å²) in [5.74, 6) is -4.45. The molecule has 2 aromatic carbocycles. The van der Waals surface area contributed by atoms with Crippen molar-refractivity contribution >= 4 is 35.0 Å². The Morgan fingerprint density at radius 1 is 0.978 bits per heavy atom. The predicted molar refractivity (Wildman–Crippen MR) is 153 cm³/mol. The minimum atomic E-state index is -5.34. The first kappa shape index (κ1) is 31.5. The minimum Gasteiger partial charge on any atom is -0.482 e. The third kappa shape index (κ3) is 6.34. The second-order valence-corrected chi connectivity index (χ2v) is 11.1. The Morgan fingerprint density at radius 2 is 1.67 bits per heavy atom. The van der Waals surface area contributed by atoms with E-state index in [1.807, 2.05) is 25.3 Å². The Labute approximate surface area is 257 Å². The molecular formula is C30H24F4N4O6S. The monoisotopic (exact) mass is 644 g/mol. The van der Waals surface area contributed by atoms with E-state index in [1.54, 1.807) is 35.6 Å². The van der Waals surface area contributed by atoms with E-state index in [2.05, 4.69) is 14.9 Å². The van der Waals surface area contributed by atoms with E-state index in [9.17, 15) is 27.6 Å². The smallest absolute Gasteiger partial charge is 0.482 e. The van der Waals surface area contributed by atoms with Crippen LogP contribution < -0.4 is 4.74 Å². The molecular weight excluding hydrogens is 620 g/mol. The van der Waals surface area contributed by atoms with Gasteiger partial charge in [0.15, 0.2) is 12.4 Å². The first-order valence-corrected chi connectivity index (χ1v) is 14.1. The Kier molecular flexibility index (Phi) is 8.56. The number of thiophene rings is 1. The molecule has 0 fully saturated rings. The van der Waals surface area contributed by atoms with E-state index in [4.69, 9.17) is 14.5 Å². The van der Waals surface area contributed by atoms with Crippen molar-refractivity contribution in [1.82, 2.24) is 14.8 Å². The molecule has 0 amide bonds. The lowest BCUT2D eigenvalue weighted by atomic mass is 9.97. The van der Waals surface area contributed by atoms with Crippen molar-refractivity contribution in [3.8, 4) is 21.9 Å². The Bertz CT molecular complexity index is 1850. The molecule has 15 heteroatoms. The van der Waals surface area contributed by atoms with Gasteiger partial charge in [0.05, 0.1) is 19.2 Å². The molecule has 234 valence electrons. The lowest BCUT2D eigenvalue weighted by Gasteiger charge is -2.12. The molecule has 5 rings (SSSR count). The van der Waals surface area contributed by atoms with Crippen molar-refractivity contribution in [3.63, 3.8) is 0 Å². The van der Waals surface area contributed by atoms with Gasteiger partial charge in [-0.05, 0) is 44.0 Å². The highest BCUT2D eigenvalue weighted by Crippen LogP contribution is 2.40. The molecule has 0 aliphatic carbocycles. The molecule has 0 radical (unpaired) electrons. The van der Waals surface area contributed by atoms with Crippen LogP contribution in [0.2, 0.25) is 0 Å². The topological polar surface area (TPSA) is 122 Å². The van der Waals surface area contributed by atoms with Crippen molar-refractivity contribution in [2.75, 3.05) is 13.7 Å². The summed E-state index contributed by atoms with van der Waals surface area (Å²) in [4.78, 5) is 40.6. The summed E-state index contributed by atoms with van der Waals surface area (Å²) in [5, 5.41) is 9.44. The van der Waals surface area contributed by atoms with Crippen LogP contribution in [0.15, 0.2) is 47.5 Å². The highest BCUT2D eigenvalue weighted by atomic mass is 32.1. The van der Waals surface area contributed by atoms with E-state index in [-0.39, 0.29) is 17.7 Å². The lowest BCUT2D eigenvalue weighted by Crippen LogP contribution is -2.30. The number of aryl methyl sites for hydroxylation is 2. The van der Waals surface area contributed by atoms with E-state index in [0.717, 1.165) is 27.1 Å². The van der Waals surface area contributed by atoms with Gasteiger partial charge < -0.3 is 14.2 Å². The average molecular weight is 645 g/mol. The van der Waals surface area contributed by atoms with Gasteiger partial charge in [-0.25, -0.2) is 14.0 Å². The van der Waals surface area contributed by atoms with Crippen LogP contribution in [0.25, 0.3) is 16.1 Å². The fourth-order valence-electron chi connectivity index (χ4n) is 4.73. The number of alkyl halides is 3. The summed E-state index contributed by atoms with van der Waals surface area (Å²) >= 11 is 1.56. The first-order valence-electron chi connectivity index (χ1n) is 13.3. The number of halogens is 4. The molecule has 1 atom stereocenters. The molecule has 3 heterocycles. The number of ether oxygens (including phenoxy) is 3. The zero-order valence-electron chi connectivity index (χ0n) is 24.2. The fraction of sp³-hybridized carbons (Fsp3) is 0.267. The fourth-order valence-corrected chi connectivity index (χ4v) is 5.94. The first-order chi connectivity index (χ1) is 21.3. The van der Waals surface area contributed by atoms with Crippen molar-refractivity contribution < 1.29 is 46.2 Å². The number of hydrogen-bond acceptors (Lipinski definition) is 10. The number of aromatic nitrogens is 3. The zero-order valence-corrected chi connectivity index (χ0v) is 25.0. The highest BCUT2D eigenvalue weighted by molar-refractivity contribution is 7.15. The average Bonchev–Trinajstić information content (AvgIpc) is 3.47. The molecule has 2 aromatic heterocycles. The van der Waals surface area contributed by atoms with Crippen LogP contribution in [0.5, 0.6) is 5.75 Å². The lowest BCUT2D eigenvalue weighted by molar-refractivity contribution is -0.202. The summed E-state index contributed by atoms with van der Waals surface area (Å²) in [6.45, 7) is 4.78. The number of benzene rings is 2. The summed E-state index contributed by atoms with van der Waals surface area (Å²) < 4.78 is 67.3. The Morgan fingerprint density at radius 3 is 2.31 bits per heavy atom. The van der Waals surface area contributed by atoms with Gasteiger partial charge in [0, 0.05) is 27.6 Å². The van der Waals surface area contributed by atoms with Gasteiger partial charge in [0.25, 0.3) is 0 Å². The second-order valence-electron chi connectivity index (χ2n) is 9.94. The molecule has 0 unspecified atom stereocenters. The van der Waals surface area contributed by atoms with Crippen LogP contribution in [0.1, 0.15) is 45.7 Å². The van der Waals surface area contributed by atoms with Crippen LogP contribution in [-0.4, -0.2) is 58.3 Å². The summed E-state index contributed by atoms with van der Waals surface area (Å²) in [6, 6.07) is 9.90. The maximum Gasteiger partial charge on any atom is 0.491 e. The molecule has 1 aliphatic heterocycles. The van der Waals surface area contributed by atoms with Gasteiger partial charge >= 0.3 is 24.1 Å². The molecule has 10 nitrogen and oxygen atoms in total. The molecule has 0 saturated heterocycles. The third-order valence-electron chi connectivity index (χ3n) is 7.03. The number of methoxy groups -OCH3 is 1. The summed E-state index contributed by atoms with van der Waals surface area (Å²) in [5.41, 5.74) is 3.87. The number of esters is 3. The summed E-state index contributed by atoms with van der Waals surface area (Å²) in [6.07, 6.45) is -5.39. The van der Waals surface area contributed by atoms with Gasteiger partial charge in [0.2, 0.25) is 0 Å². The predicted octanol–water partition coefficient (Wildman–Crippen LogP) is 5.53. The Balaban J connectivity index is 1.43. The van der Waals surface area contributed by atoms with Crippen LogP contribution in [-0.2, 0) is 23.9 Å². The molecule has 45 heavy (non-hydrogen) atoms. The van der Waals surface area contributed by atoms with Crippen LogP contribution >= 0.6 is 11.3 Å². The largest absolute Gasteiger partial charge is 0.491 e. The highest BCUT2D eigenvalue weighted by Gasteiger charge is 2.42. The van der Waals surface area contributed by atoms with Gasteiger partial charge in [-0.2, -0.15) is 13.2 Å². The van der Waals surface area contributed by atoms with Gasteiger partial charge in [0.1, 0.15) is 28.4 Å². The van der Waals surface area contributed by atoms with Gasteiger partial charge in [-0.1, -0.05) is 24.3 Å². The molecule has 0 saturated carbocycles. The zero-order chi connectivity index (χ0) is 32.6. The number of fused-ring (bicyclic) bond motifs is 3. The number of rotatable bonds is 7. The van der Waals surface area contributed by atoms with E-state index >= 15 is 4.39 Å². The van der Waals surface area contributed by atoms with Crippen LogP contribution in [0, 0.1) is 26.6 Å². The second kappa shape index (κ2) is 12.2. The van der Waals surface area contributed by atoms with Crippen LogP contribution in [0.3, 0.4) is 0 Å². The number of hydrogen-bond donors (Lipinski definition) is 0. The quantitative estimate of drug-likeness (QED) is 0.146. The van der Waals surface area contributed by atoms with Gasteiger partial charge in [-0.15, -0.1) is 21.5 Å². The van der Waals surface area contributed by atoms with Gasteiger partial charge in [-0.3, -0.25) is 14.4 Å². The van der Waals surface area contributed by atoms with Crippen molar-refractivity contribution in [2.24, 2.45) is 4.99 Å². The summed E-state index contributed by atoms with van der Waals surface area (Å²) in [7, 11) is 1.30. The van der Waals surface area contributed by atoms with Crippen molar-refractivity contribution in [3.05, 3.63) is 81.5 Å². The molecule has 4 aromatic rings. The number of carbonyl (C=O) groups is 3. The number of aliphatic imine (C=N–C) groups is 1. The molecule has 0 N–H and O–H groups in total. The van der Waals surface area contributed by atoms with Crippen LogP contribution in [0.4, 0.5) is 17.6 Å². The third-order valence-corrected chi connectivity index (χ3v) is 8.22. The maximum absolute atomic E-state index is 15.1. The Hall–Kier alpha value is -4.92. The standard InChI is InChI=1S/C30H24F4N4O6S/c1-14-15(2)45-28-25(14)26(35-22(12-23(39)42-4)27-37-36-16(3)38(27)28)18-7-5-17(6-8-18)20-10-9-19(11-21(20)31)43-13-24(40)44-29(41)30(32,33)34/h5-11,22H,12-13H2,1-4H3/t22-/m0/s1. The normalized spacial score (nSPS) is 14.1. The van der Waals surface area contributed by atoms with Crippen molar-refractivity contribution in [1.29, 1.82) is 0 Å². The molecule has 0 bridgehead atoms. The van der Waals surface area contributed by atoms with E-state index in [1.165, 1.54) is 19.2 Å². The number of nitrogens with zero attached hydrogens (tertiary/aromatic N) is 4. The van der Waals surface area contributed by atoms with E-state index < -0.39 is 42.6 Å². The van der Waals surface area contributed by atoms with E-state index in [0.29, 0.717) is 28.5 Å².